The van der Waals surface area contributed by atoms with Gasteiger partial charge in [0.2, 0.25) is 0 Å². The molecule has 1 aromatic carbocycles. The van der Waals surface area contributed by atoms with Crippen molar-refractivity contribution in [2.75, 3.05) is 27.3 Å². The summed E-state index contributed by atoms with van der Waals surface area (Å²) < 4.78 is 10.4. The number of carbonyl (C=O) groups excluding carboxylic acids is 1. The Hall–Kier alpha value is -1.59. The van der Waals surface area contributed by atoms with Crippen molar-refractivity contribution < 1.29 is 14.3 Å². The number of hydrogen-bond donors (Lipinski definition) is 2. The molecule has 1 heterocycles. The number of nitrogens with one attached hydrogen (secondary N) is 2. The van der Waals surface area contributed by atoms with Crippen LogP contribution in [0.2, 0.25) is 0 Å². The first kappa shape index (κ1) is 12.9. The fourth-order valence-electron chi connectivity index (χ4n) is 2.06. The molecule has 2 N–H and O–H groups in total. The lowest BCUT2D eigenvalue weighted by Gasteiger charge is -2.18. The van der Waals surface area contributed by atoms with Crippen molar-refractivity contribution in [1.29, 1.82) is 0 Å². The number of ether oxygens (including phenoxy) is 2. The highest BCUT2D eigenvalue weighted by atomic mass is 16.5. The Morgan fingerprint density at radius 3 is 2.94 bits per heavy atom. The maximum absolute atomic E-state index is 12.1. The van der Waals surface area contributed by atoms with Crippen molar-refractivity contribution in [3.63, 3.8) is 0 Å². The van der Waals surface area contributed by atoms with Gasteiger partial charge in [-0.05, 0) is 18.2 Å². The summed E-state index contributed by atoms with van der Waals surface area (Å²) >= 11 is 0. The Morgan fingerprint density at radius 2 is 2.22 bits per heavy atom. The van der Waals surface area contributed by atoms with E-state index in [0.717, 1.165) is 13.1 Å². The monoisotopic (exact) mass is 250 g/mol. The van der Waals surface area contributed by atoms with Gasteiger partial charge in [0, 0.05) is 25.8 Å². The summed E-state index contributed by atoms with van der Waals surface area (Å²) in [6.07, 6.45) is 0.0274. The molecule has 2 rings (SSSR count). The average molecular weight is 250 g/mol. The van der Waals surface area contributed by atoms with Gasteiger partial charge in [-0.15, -0.1) is 0 Å². The van der Waals surface area contributed by atoms with E-state index in [9.17, 15) is 4.79 Å². The van der Waals surface area contributed by atoms with E-state index >= 15 is 0 Å². The summed E-state index contributed by atoms with van der Waals surface area (Å²) in [5, 5.41) is 6.15. The summed E-state index contributed by atoms with van der Waals surface area (Å²) in [5.41, 5.74) is 0.594. The van der Waals surface area contributed by atoms with Gasteiger partial charge in [0.05, 0.1) is 19.3 Å². The third-order valence-electron chi connectivity index (χ3n) is 3.11. The molecule has 1 aromatic rings. The lowest BCUT2D eigenvalue weighted by atomic mass is 10.1. The quantitative estimate of drug-likeness (QED) is 0.812. The van der Waals surface area contributed by atoms with Crippen LogP contribution in [0.4, 0.5) is 0 Å². The Morgan fingerprint density at radius 1 is 1.39 bits per heavy atom. The van der Waals surface area contributed by atoms with Gasteiger partial charge in [0.15, 0.2) is 0 Å². The van der Waals surface area contributed by atoms with Crippen LogP contribution in [-0.4, -0.2) is 45.4 Å². The zero-order valence-corrected chi connectivity index (χ0v) is 10.6. The molecular weight excluding hydrogens is 232 g/mol. The van der Waals surface area contributed by atoms with Crippen molar-refractivity contribution in [2.45, 2.75) is 12.1 Å². The first-order valence-electron chi connectivity index (χ1n) is 5.93. The summed E-state index contributed by atoms with van der Waals surface area (Å²) in [6.45, 7) is 1.49. The minimum Gasteiger partial charge on any atom is -0.497 e. The van der Waals surface area contributed by atoms with Crippen LogP contribution < -0.4 is 15.4 Å². The van der Waals surface area contributed by atoms with Crippen molar-refractivity contribution in [3.8, 4) is 5.75 Å². The smallest absolute Gasteiger partial charge is 0.251 e. The van der Waals surface area contributed by atoms with E-state index in [1.165, 1.54) is 0 Å². The second-order valence-electron chi connectivity index (χ2n) is 4.24. The molecule has 0 radical (unpaired) electrons. The molecule has 1 fully saturated rings. The molecule has 1 amide bonds. The number of methoxy groups -OCH3 is 2. The average Bonchev–Trinajstić information content (AvgIpc) is 2.86. The van der Waals surface area contributed by atoms with Crippen LogP contribution in [-0.2, 0) is 4.74 Å². The van der Waals surface area contributed by atoms with Crippen molar-refractivity contribution in [3.05, 3.63) is 29.8 Å². The van der Waals surface area contributed by atoms with Crippen molar-refractivity contribution in [2.24, 2.45) is 0 Å². The van der Waals surface area contributed by atoms with Crippen molar-refractivity contribution >= 4 is 5.91 Å². The van der Waals surface area contributed by atoms with Gasteiger partial charge in [-0.25, -0.2) is 0 Å². The molecule has 0 saturated carbocycles. The van der Waals surface area contributed by atoms with Crippen LogP contribution in [0.25, 0.3) is 0 Å². The summed E-state index contributed by atoms with van der Waals surface area (Å²) in [6, 6.07) is 7.11. The highest BCUT2D eigenvalue weighted by Crippen LogP contribution is 2.13. The minimum absolute atomic E-state index is 0.00806. The SMILES string of the molecule is COc1cccc(C(=O)NC2CNC[C@H]2OC)c1. The Kier molecular flexibility index (Phi) is 4.17. The predicted octanol–water partition coefficient (Wildman–Crippen LogP) is 0.412. The lowest BCUT2D eigenvalue weighted by Crippen LogP contribution is -2.43. The van der Waals surface area contributed by atoms with E-state index in [0.29, 0.717) is 11.3 Å². The molecule has 2 atom stereocenters. The van der Waals surface area contributed by atoms with E-state index in [4.69, 9.17) is 9.47 Å². The predicted molar refractivity (Wildman–Crippen MR) is 67.9 cm³/mol. The largest absolute Gasteiger partial charge is 0.497 e. The highest BCUT2D eigenvalue weighted by molar-refractivity contribution is 5.94. The zero-order chi connectivity index (χ0) is 13.0. The molecule has 0 aromatic heterocycles. The fraction of sp³-hybridized carbons (Fsp3) is 0.462. The van der Waals surface area contributed by atoms with E-state index < -0.39 is 0 Å². The Labute approximate surface area is 106 Å². The number of carbonyl (C=O) groups is 1. The third kappa shape index (κ3) is 2.80. The first-order valence-corrected chi connectivity index (χ1v) is 5.93. The summed E-state index contributed by atoms with van der Waals surface area (Å²) in [5.74, 6) is 0.570. The molecule has 0 bridgehead atoms. The van der Waals surface area contributed by atoms with Crippen LogP contribution in [0.1, 0.15) is 10.4 Å². The molecule has 0 aliphatic carbocycles. The molecule has 98 valence electrons. The number of rotatable bonds is 4. The van der Waals surface area contributed by atoms with Gasteiger partial charge >= 0.3 is 0 Å². The molecule has 1 aliphatic rings. The maximum atomic E-state index is 12.1. The number of benzene rings is 1. The lowest BCUT2D eigenvalue weighted by molar-refractivity contribution is 0.0779. The number of hydrogen-bond acceptors (Lipinski definition) is 4. The van der Waals surface area contributed by atoms with Gasteiger partial charge in [-0.3, -0.25) is 4.79 Å². The van der Waals surface area contributed by atoms with Gasteiger partial charge < -0.3 is 20.1 Å². The van der Waals surface area contributed by atoms with Crippen molar-refractivity contribution in [1.82, 2.24) is 10.6 Å². The van der Waals surface area contributed by atoms with Gasteiger partial charge in [-0.2, -0.15) is 0 Å². The maximum Gasteiger partial charge on any atom is 0.251 e. The van der Waals surface area contributed by atoms with Gasteiger partial charge in [0.25, 0.3) is 5.91 Å². The molecule has 5 heteroatoms. The molecule has 1 aliphatic heterocycles. The van der Waals surface area contributed by atoms with Gasteiger partial charge in [-0.1, -0.05) is 6.07 Å². The normalized spacial score (nSPS) is 22.8. The number of amides is 1. The second-order valence-corrected chi connectivity index (χ2v) is 4.24. The van der Waals surface area contributed by atoms with Crippen LogP contribution in [0, 0.1) is 0 Å². The molecular formula is C13H18N2O3. The Balaban J connectivity index is 2.02. The topological polar surface area (TPSA) is 59.6 Å². The minimum atomic E-state index is -0.107. The van der Waals surface area contributed by atoms with Crippen LogP contribution >= 0.6 is 0 Å². The van der Waals surface area contributed by atoms with Gasteiger partial charge in [0.1, 0.15) is 5.75 Å². The summed E-state index contributed by atoms with van der Waals surface area (Å²) in [7, 11) is 3.24. The van der Waals surface area contributed by atoms with Crippen LogP contribution in [0.15, 0.2) is 24.3 Å². The van der Waals surface area contributed by atoms with Crippen LogP contribution in [0.5, 0.6) is 5.75 Å². The molecule has 1 saturated heterocycles. The standard InChI is InChI=1S/C13H18N2O3/c1-17-10-5-3-4-9(6-10)13(16)15-11-7-14-8-12(11)18-2/h3-6,11-12,14H,7-8H2,1-2H3,(H,15,16)/t11?,12-/m1/s1. The molecule has 0 spiro atoms. The Bertz CT molecular complexity index is 422. The highest BCUT2D eigenvalue weighted by Gasteiger charge is 2.28. The van der Waals surface area contributed by atoms with E-state index in [2.05, 4.69) is 10.6 Å². The summed E-state index contributed by atoms with van der Waals surface area (Å²) in [4.78, 5) is 12.1. The third-order valence-corrected chi connectivity index (χ3v) is 3.11. The van der Waals surface area contributed by atoms with E-state index in [1.54, 1.807) is 32.4 Å². The van der Waals surface area contributed by atoms with Crippen LogP contribution in [0.3, 0.4) is 0 Å². The second kappa shape index (κ2) is 5.84. The molecule has 18 heavy (non-hydrogen) atoms. The molecule has 5 nitrogen and oxygen atoms in total. The fourth-order valence-corrected chi connectivity index (χ4v) is 2.06. The zero-order valence-electron chi connectivity index (χ0n) is 10.6. The van der Waals surface area contributed by atoms with E-state index in [1.807, 2.05) is 6.07 Å². The van der Waals surface area contributed by atoms with E-state index in [-0.39, 0.29) is 18.1 Å². The molecule has 1 unspecified atom stereocenters. The first-order chi connectivity index (χ1) is 8.74.